The third-order valence-corrected chi connectivity index (χ3v) is 4.86. The molecule has 2 aromatic rings. The number of para-hydroxylation sites is 1. The molecule has 1 atom stereocenters. The predicted molar refractivity (Wildman–Crippen MR) is 98.5 cm³/mol. The Bertz CT molecular complexity index is 655. The highest BCUT2D eigenvalue weighted by Crippen LogP contribution is 2.31. The fourth-order valence-corrected chi connectivity index (χ4v) is 3.26. The summed E-state index contributed by atoms with van der Waals surface area (Å²) in [5.74, 6) is 0. The normalized spacial score (nSPS) is 25.2. The van der Waals surface area contributed by atoms with E-state index in [1.807, 2.05) is 6.07 Å². The van der Waals surface area contributed by atoms with Crippen molar-refractivity contribution in [2.24, 2.45) is 0 Å². The van der Waals surface area contributed by atoms with Crippen molar-refractivity contribution in [2.75, 3.05) is 18.5 Å². The Morgan fingerprint density at radius 2 is 1.54 bits per heavy atom. The highest BCUT2D eigenvalue weighted by molar-refractivity contribution is 5.57. The smallest absolute Gasteiger partial charge is 0.177 e. The number of hydrogen-bond donors (Lipinski definition) is 1. The van der Waals surface area contributed by atoms with Crippen LogP contribution in [0, 0.1) is 13.8 Å². The molecule has 1 aliphatic heterocycles. The van der Waals surface area contributed by atoms with Gasteiger partial charge in [-0.15, -0.1) is 0 Å². The van der Waals surface area contributed by atoms with Crippen LogP contribution in [0.2, 0.25) is 0 Å². The molecule has 1 N–H and O–H groups in total. The Balaban J connectivity index is 1.64. The molecule has 0 aliphatic carbocycles. The SMILES string of the molecule is Cc1cccc(C)c1NC(C)C1OCC(C)(c2ccccc2)CO1. The molecule has 3 heteroatoms. The fraction of sp³-hybridized carbons (Fsp3) is 0.429. The first-order valence-corrected chi connectivity index (χ1v) is 8.61. The molecule has 1 heterocycles. The van der Waals surface area contributed by atoms with E-state index in [0.717, 1.165) is 0 Å². The van der Waals surface area contributed by atoms with Gasteiger partial charge in [-0.1, -0.05) is 55.5 Å². The fourth-order valence-electron chi connectivity index (χ4n) is 3.26. The van der Waals surface area contributed by atoms with Crippen LogP contribution in [0.5, 0.6) is 0 Å². The molecule has 3 nitrogen and oxygen atoms in total. The van der Waals surface area contributed by atoms with Gasteiger partial charge in [0.2, 0.25) is 0 Å². The maximum atomic E-state index is 6.08. The van der Waals surface area contributed by atoms with Crippen LogP contribution in [0.25, 0.3) is 0 Å². The van der Waals surface area contributed by atoms with Crippen LogP contribution in [0.4, 0.5) is 5.69 Å². The van der Waals surface area contributed by atoms with Gasteiger partial charge < -0.3 is 14.8 Å². The molecule has 128 valence electrons. The standard InChI is InChI=1S/C21H27NO2/c1-15-9-8-10-16(2)19(15)22-17(3)20-23-13-21(4,14-24-20)18-11-6-5-7-12-18/h5-12,17,20,22H,13-14H2,1-4H3. The van der Waals surface area contributed by atoms with Gasteiger partial charge in [-0.2, -0.15) is 0 Å². The lowest BCUT2D eigenvalue weighted by Crippen LogP contribution is -2.48. The summed E-state index contributed by atoms with van der Waals surface area (Å²) >= 11 is 0. The van der Waals surface area contributed by atoms with Crippen molar-refractivity contribution < 1.29 is 9.47 Å². The zero-order chi connectivity index (χ0) is 17.2. The molecular formula is C21H27NO2. The van der Waals surface area contributed by atoms with E-state index in [-0.39, 0.29) is 17.7 Å². The number of nitrogens with one attached hydrogen (secondary N) is 1. The van der Waals surface area contributed by atoms with E-state index in [1.165, 1.54) is 22.4 Å². The van der Waals surface area contributed by atoms with E-state index in [0.29, 0.717) is 13.2 Å². The summed E-state index contributed by atoms with van der Waals surface area (Å²) < 4.78 is 12.2. The van der Waals surface area contributed by atoms with Gasteiger partial charge >= 0.3 is 0 Å². The lowest BCUT2D eigenvalue weighted by molar-refractivity contribution is -0.210. The Hall–Kier alpha value is -1.84. The van der Waals surface area contributed by atoms with Gasteiger partial charge in [-0.25, -0.2) is 0 Å². The molecule has 0 spiro atoms. The topological polar surface area (TPSA) is 30.5 Å². The van der Waals surface area contributed by atoms with Crippen LogP contribution in [-0.4, -0.2) is 25.5 Å². The molecule has 3 rings (SSSR count). The van der Waals surface area contributed by atoms with E-state index in [9.17, 15) is 0 Å². The maximum absolute atomic E-state index is 6.08. The molecule has 0 aromatic heterocycles. The minimum atomic E-state index is -0.235. The third-order valence-electron chi connectivity index (χ3n) is 4.86. The minimum Gasteiger partial charge on any atom is -0.377 e. The first-order valence-electron chi connectivity index (χ1n) is 8.61. The largest absolute Gasteiger partial charge is 0.377 e. The summed E-state index contributed by atoms with van der Waals surface area (Å²) in [5, 5.41) is 3.57. The molecule has 0 radical (unpaired) electrons. The van der Waals surface area contributed by atoms with Crippen LogP contribution >= 0.6 is 0 Å². The zero-order valence-corrected chi connectivity index (χ0v) is 15.0. The zero-order valence-electron chi connectivity index (χ0n) is 15.0. The Morgan fingerprint density at radius 3 is 2.12 bits per heavy atom. The number of ether oxygens (including phenoxy) is 2. The van der Waals surface area contributed by atoms with E-state index in [4.69, 9.17) is 9.47 Å². The number of aryl methyl sites for hydroxylation is 2. The van der Waals surface area contributed by atoms with E-state index >= 15 is 0 Å². The molecule has 1 fully saturated rings. The van der Waals surface area contributed by atoms with Crippen molar-refractivity contribution >= 4 is 5.69 Å². The molecule has 1 unspecified atom stereocenters. The highest BCUT2D eigenvalue weighted by Gasteiger charge is 2.36. The minimum absolute atomic E-state index is 0.0872. The molecule has 24 heavy (non-hydrogen) atoms. The van der Waals surface area contributed by atoms with Crippen molar-refractivity contribution in [2.45, 2.75) is 45.4 Å². The van der Waals surface area contributed by atoms with E-state index in [2.05, 4.69) is 75.5 Å². The molecule has 1 saturated heterocycles. The Morgan fingerprint density at radius 1 is 0.958 bits per heavy atom. The summed E-state index contributed by atoms with van der Waals surface area (Å²) in [4.78, 5) is 0. The average Bonchev–Trinajstić information content (AvgIpc) is 2.59. The number of rotatable bonds is 4. The summed E-state index contributed by atoms with van der Waals surface area (Å²) in [6.07, 6.45) is -0.235. The summed E-state index contributed by atoms with van der Waals surface area (Å²) in [6.45, 7) is 9.89. The monoisotopic (exact) mass is 325 g/mol. The lowest BCUT2D eigenvalue weighted by atomic mass is 9.83. The van der Waals surface area contributed by atoms with Gasteiger partial charge in [0.15, 0.2) is 6.29 Å². The van der Waals surface area contributed by atoms with E-state index < -0.39 is 0 Å². The lowest BCUT2D eigenvalue weighted by Gasteiger charge is -2.40. The average molecular weight is 325 g/mol. The second-order valence-corrected chi connectivity index (χ2v) is 7.12. The summed E-state index contributed by atoms with van der Waals surface area (Å²) in [7, 11) is 0. The van der Waals surface area contributed by atoms with Crippen LogP contribution in [-0.2, 0) is 14.9 Å². The van der Waals surface area contributed by atoms with Crippen LogP contribution in [0.3, 0.4) is 0 Å². The number of anilines is 1. The van der Waals surface area contributed by atoms with E-state index in [1.54, 1.807) is 0 Å². The van der Waals surface area contributed by atoms with Gasteiger partial charge in [0.25, 0.3) is 0 Å². The molecular weight excluding hydrogens is 298 g/mol. The van der Waals surface area contributed by atoms with Gasteiger partial charge in [0.1, 0.15) is 0 Å². The van der Waals surface area contributed by atoms with Crippen molar-refractivity contribution in [3.8, 4) is 0 Å². The van der Waals surface area contributed by atoms with Gasteiger partial charge in [0.05, 0.1) is 19.3 Å². The third kappa shape index (κ3) is 3.47. The van der Waals surface area contributed by atoms with Crippen molar-refractivity contribution in [3.05, 3.63) is 65.2 Å². The van der Waals surface area contributed by atoms with Gasteiger partial charge in [0, 0.05) is 11.1 Å². The van der Waals surface area contributed by atoms with Crippen molar-refractivity contribution in [1.82, 2.24) is 0 Å². The Labute approximate surface area is 145 Å². The van der Waals surface area contributed by atoms with Crippen LogP contribution in [0.15, 0.2) is 48.5 Å². The molecule has 0 bridgehead atoms. The molecule has 0 saturated carbocycles. The van der Waals surface area contributed by atoms with Gasteiger partial charge in [-0.3, -0.25) is 0 Å². The molecule has 2 aromatic carbocycles. The quantitative estimate of drug-likeness (QED) is 0.902. The highest BCUT2D eigenvalue weighted by atomic mass is 16.7. The number of hydrogen-bond acceptors (Lipinski definition) is 3. The first kappa shape index (κ1) is 17.0. The summed E-state index contributed by atoms with van der Waals surface area (Å²) in [6, 6.07) is 16.9. The molecule has 1 aliphatic rings. The molecule has 0 amide bonds. The first-order chi connectivity index (χ1) is 11.5. The summed E-state index contributed by atoms with van der Waals surface area (Å²) in [5.41, 5.74) is 4.83. The Kier molecular flexibility index (Phi) is 4.93. The number of benzene rings is 2. The second-order valence-electron chi connectivity index (χ2n) is 7.12. The van der Waals surface area contributed by atoms with Crippen LogP contribution in [0.1, 0.15) is 30.5 Å². The second kappa shape index (κ2) is 6.96. The van der Waals surface area contributed by atoms with Crippen molar-refractivity contribution in [1.29, 1.82) is 0 Å². The predicted octanol–water partition coefficient (Wildman–Crippen LogP) is 4.43. The van der Waals surface area contributed by atoms with Gasteiger partial charge in [-0.05, 0) is 37.5 Å². The van der Waals surface area contributed by atoms with Crippen molar-refractivity contribution in [3.63, 3.8) is 0 Å². The maximum Gasteiger partial charge on any atom is 0.177 e. The van der Waals surface area contributed by atoms with Crippen LogP contribution < -0.4 is 5.32 Å².